The first-order valence-corrected chi connectivity index (χ1v) is 6.39. The number of guanidine groups is 1. The van der Waals surface area contributed by atoms with Crippen LogP contribution in [0.4, 0.5) is 0 Å². The van der Waals surface area contributed by atoms with Gasteiger partial charge < -0.3 is 15.4 Å². The number of nitrogens with two attached hydrogens (primary N) is 1. The molecule has 2 rings (SSSR count). The van der Waals surface area contributed by atoms with Gasteiger partial charge in [-0.15, -0.1) is 0 Å². The van der Waals surface area contributed by atoms with Crippen LogP contribution in [0.2, 0.25) is 0 Å². The quantitative estimate of drug-likeness (QED) is 0.490. The minimum absolute atomic E-state index is 0.560. The van der Waals surface area contributed by atoms with E-state index in [0.717, 1.165) is 11.3 Å². The number of ether oxygens (including phenoxy) is 1. The van der Waals surface area contributed by atoms with E-state index in [1.54, 1.807) is 0 Å². The van der Waals surface area contributed by atoms with Crippen molar-refractivity contribution >= 4 is 5.96 Å². The normalized spacial score (nSPS) is 15.6. The molecule has 0 bridgehead atoms. The van der Waals surface area contributed by atoms with Gasteiger partial charge >= 0.3 is 0 Å². The third-order valence-corrected chi connectivity index (χ3v) is 3.17. The summed E-state index contributed by atoms with van der Waals surface area (Å²) in [4.78, 5) is 6.37. The van der Waals surface area contributed by atoms with E-state index in [-0.39, 0.29) is 0 Å². The van der Waals surface area contributed by atoms with Crippen LogP contribution in [0.1, 0.15) is 18.4 Å². The largest absolute Gasteiger partial charge is 0.491 e. The monoisotopic (exact) mass is 247 g/mol. The molecule has 0 atom stereocenters. The Morgan fingerprint density at radius 2 is 2.17 bits per heavy atom. The Labute approximate surface area is 108 Å². The second kappa shape index (κ2) is 5.76. The van der Waals surface area contributed by atoms with E-state index in [0.29, 0.717) is 25.2 Å². The highest BCUT2D eigenvalue weighted by Crippen LogP contribution is 2.24. The lowest BCUT2D eigenvalue weighted by atomic mass is 10.2. The summed E-state index contributed by atoms with van der Waals surface area (Å²) in [5.41, 5.74) is 7.03. The van der Waals surface area contributed by atoms with Gasteiger partial charge in [-0.05, 0) is 31.4 Å². The van der Waals surface area contributed by atoms with Crippen LogP contribution in [-0.2, 0) is 0 Å². The Kier molecular flexibility index (Phi) is 4.07. The lowest BCUT2D eigenvalue weighted by Gasteiger charge is -2.16. The fourth-order valence-corrected chi connectivity index (χ4v) is 1.79. The minimum atomic E-state index is 0.560. The fraction of sp³-hybridized carbons (Fsp3) is 0.500. The zero-order chi connectivity index (χ0) is 13.0. The molecule has 1 aromatic carbocycles. The summed E-state index contributed by atoms with van der Waals surface area (Å²) in [5.74, 6) is 1.53. The number of nitrogens with zero attached hydrogens (tertiary/aromatic N) is 2. The van der Waals surface area contributed by atoms with Crippen molar-refractivity contribution in [3.05, 3.63) is 29.8 Å². The fourth-order valence-electron chi connectivity index (χ4n) is 1.79. The zero-order valence-electron chi connectivity index (χ0n) is 11.1. The Hall–Kier alpha value is -1.71. The van der Waals surface area contributed by atoms with Gasteiger partial charge in [0.1, 0.15) is 12.4 Å². The molecule has 0 spiro atoms. The minimum Gasteiger partial charge on any atom is -0.491 e. The van der Waals surface area contributed by atoms with E-state index in [4.69, 9.17) is 10.5 Å². The average Bonchev–Trinajstić information content (AvgIpc) is 3.19. The van der Waals surface area contributed by atoms with Gasteiger partial charge in [0.2, 0.25) is 0 Å². The van der Waals surface area contributed by atoms with Crippen LogP contribution in [-0.4, -0.2) is 37.1 Å². The molecule has 1 aliphatic carbocycles. The second-order valence-electron chi connectivity index (χ2n) is 4.70. The summed E-state index contributed by atoms with van der Waals surface area (Å²) in [5, 5.41) is 0. The highest BCUT2D eigenvalue weighted by atomic mass is 16.5. The number of aliphatic imine (C=N–C) groups is 1. The van der Waals surface area contributed by atoms with Crippen LogP contribution in [0.15, 0.2) is 29.3 Å². The highest BCUT2D eigenvalue weighted by Gasteiger charge is 2.27. The topological polar surface area (TPSA) is 50.9 Å². The number of aryl methyl sites for hydroxylation is 1. The number of hydrogen-bond donors (Lipinski definition) is 1. The van der Waals surface area contributed by atoms with Crippen LogP contribution >= 0.6 is 0 Å². The van der Waals surface area contributed by atoms with Gasteiger partial charge in [-0.1, -0.05) is 18.2 Å². The van der Waals surface area contributed by atoms with Gasteiger partial charge in [0.05, 0.1) is 6.54 Å². The predicted octanol–water partition coefficient (Wildman–Crippen LogP) is 1.78. The van der Waals surface area contributed by atoms with E-state index in [1.165, 1.54) is 12.8 Å². The molecule has 98 valence electrons. The van der Waals surface area contributed by atoms with Crippen LogP contribution < -0.4 is 10.5 Å². The first-order valence-electron chi connectivity index (χ1n) is 6.39. The molecule has 2 N–H and O–H groups in total. The maximum Gasteiger partial charge on any atom is 0.191 e. The lowest BCUT2D eigenvalue weighted by molar-refractivity contribution is 0.325. The van der Waals surface area contributed by atoms with E-state index in [2.05, 4.69) is 4.99 Å². The molecule has 1 aliphatic rings. The van der Waals surface area contributed by atoms with Gasteiger partial charge in [-0.25, -0.2) is 4.99 Å². The van der Waals surface area contributed by atoms with E-state index < -0.39 is 0 Å². The van der Waals surface area contributed by atoms with Gasteiger partial charge in [-0.2, -0.15) is 0 Å². The Bertz CT molecular complexity index is 427. The van der Waals surface area contributed by atoms with Crippen LogP contribution in [0.3, 0.4) is 0 Å². The smallest absolute Gasteiger partial charge is 0.191 e. The molecule has 4 nitrogen and oxygen atoms in total. The molecule has 4 heteroatoms. The molecule has 0 amide bonds. The molecule has 1 fully saturated rings. The van der Waals surface area contributed by atoms with Gasteiger partial charge in [0.15, 0.2) is 5.96 Å². The van der Waals surface area contributed by atoms with E-state index in [9.17, 15) is 0 Å². The van der Waals surface area contributed by atoms with Gasteiger partial charge in [0, 0.05) is 13.1 Å². The zero-order valence-corrected chi connectivity index (χ0v) is 11.1. The maximum atomic E-state index is 5.89. The summed E-state index contributed by atoms with van der Waals surface area (Å²) in [6, 6.07) is 8.59. The molecule has 18 heavy (non-hydrogen) atoms. The first kappa shape index (κ1) is 12.7. The Morgan fingerprint density at radius 1 is 1.44 bits per heavy atom. The van der Waals surface area contributed by atoms with Crippen molar-refractivity contribution in [2.75, 3.05) is 20.2 Å². The Balaban J connectivity index is 1.75. The van der Waals surface area contributed by atoms with Crippen molar-refractivity contribution in [3.63, 3.8) is 0 Å². The van der Waals surface area contributed by atoms with E-state index >= 15 is 0 Å². The number of hydrogen-bond acceptors (Lipinski definition) is 2. The van der Waals surface area contributed by atoms with Crippen molar-refractivity contribution in [1.29, 1.82) is 0 Å². The first-order chi connectivity index (χ1) is 8.68. The average molecular weight is 247 g/mol. The maximum absolute atomic E-state index is 5.89. The van der Waals surface area contributed by atoms with Crippen molar-refractivity contribution < 1.29 is 4.74 Å². The lowest BCUT2D eigenvalue weighted by Crippen LogP contribution is -2.36. The highest BCUT2D eigenvalue weighted by molar-refractivity contribution is 5.78. The van der Waals surface area contributed by atoms with Crippen LogP contribution in [0.25, 0.3) is 0 Å². The van der Waals surface area contributed by atoms with Crippen LogP contribution in [0.5, 0.6) is 5.75 Å². The summed E-state index contributed by atoms with van der Waals surface area (Å²) >= 11 is 0. The molecule has 0 heterocycles. The molecule has 0 unspecified atom stereocenters. The predicted molar refractivity (Wildman–Crippen MR) is 73.9 cm³/mol. The number of rotatable bonds is 5. The standard InChI is InChI=1S/C14H21N3O/c1-11-5-3-4-6-13(11)18-10-9-16-14(15)17(2)12-7-8-12/h3-6,12H,7-10H2,1-2H3,(H2,15,16). The summed E-state index contributed by atoms with van der Waals surface area (Å²) in [6.07, 6.45) is 2.46. The SMILES string of the molecule is Cc1ccccc1OCCN=C(N)N(C)C1CC1. The molecule has 0 aromatic heterocycles. The molecular weight excluding hydrogens is 226 g/mol. The number of para-hydroxylation sites is 1. The van der Waals surface area contributed by atoms with Crippen molar-refractivity contribution in [2.24, 2.45) is 10.7 Å². The van der Waals surface area contributed by atoms with Gasteiger partial charge in [0.25, 0.3) is 0 Å². The van der Waals surface area contributed by atoms with Crippen molar-refractivity contribution in [1.82, 2.24) is 4.90 Å². The molecule has 0 radical (unpaired) electrons. The van der Waals surface area contributed by atoms with Crippen molar-refractivity contribution in [3.8, 4) is 5.75 Å². The molecule has 1 aromatic rings. The molecule has 0 aliphatic heterocycles. The van der Waals surface area contributed by atoms with Crippen molar-refractivity contribution in [2.45, 2.75) is 25.8 Å². The third-order valence-electron chi connectivity index (χ3n) is 3.17. The summed E-state index contributed by atoms with van der Waals surface area (Å²) in [6.45, 7) is 3.19. The Morgan fingerprint density at radius 3 is 2.83 bits per heavy atom. The molecular formula is C14H21N3O. The second-order valence-corrected chi connectivity index (χ2v) is 4.70. The third kappa shape index (κ3) is 3.39. The summed E-state index contributed by atoms with van der Waals surface area (Å²) < 4.78 is 5.66. The molecule has 0 saturated heterocycles. The summed E-state index contributed by atoms with van der Waals surface area (Å²) in [7, 11) is 2.00. The van der Waals surface area contributed by atoms with Crippen LogP contribution in [0, 0.1) is 6.92 Å². The van der Waals surface area contributed by atoms with E-state index in [1.807, 2.05) is 43.1 Å². The number of benzene rings is 1. The van der Waals surface area contributed by atoms with Gasteiger partial charge in [-0.3, -0.25) is 0 Å². The molecule has 1 saturated carbocycles.